The van der Waals surface area contributed by atoms with E-state index in [9.17, 15) is 9.18 Å². The van der Waals surface area contributed by atoms with Gasteiger partial charge in [0.05, 0.1) is 12.3 Å². The molecule has 0 unspecified atom stereocenters. The first kappa shape index (κ1) is 20.3. The number of halogens is 1. The Kier molecular flexibility index (Phi) is 5.76. The van der Waals surface area contributed by atoms with E-state index in [0.29, 0.717) is 28.1 Å². The Morgan fingerprint density at radius 2 is 2.03 bits per heavy atom. The summed E-state index contributed by atoms with van der Waals surface area (Å²) in [4.78, 5) is 23.7. The molecular formula is C22H21FN6O2. The predicted octanol–water partition coefficient (Wildman–Crippen LogP) is 3.61. The van der Waals surface area contributed by atoms with Gasteiger partial charge in [-0.1, -0.05) is 6.07 Å². The minimum atomic E-state index is -0.364. The Hall–Kier alpha value is -3.98. The molecule has 2 heterocycles. The van der Waals surface area contributed by atoms with Crippen LogP contribution in [0.2, 0.25) is 0 Å². The third-order valence-electron chi connectivity index (χ3n) is 4.57. The third-order valence-corrected chi connectivity index (χ3v) is 4.57. The van der Waals surface area contributed by atoms with Gasteiger partial charge in [0.25, 0.3) is 5.91 Å². The van der Waals surface area contributed by atoms with Gasteiger partial charge in [-0.3, -0.25) is 4.79 Å². The number of aromatic nitrogens is 3. The zero-order chi connectivity index (χ0) is 21.8. The first-order chi connectivity index (χ1) is 15.0. The summed E-state index contributed by atoms with van der Waals surface area (Å²) in [5.41, 5.74) is 2.97. The maximum absolute atomic E-state index is 14.8. The van der Waals surface area contributed by atoms with Gasteiger partial charge in [0.1, 0.15) is 5.82 Å². The van der Waals surface area contributed by atoms with Crippen molar-refractivity contribution in [2.75, 3.05) is 23.8 Å². The number of aryl methyl sites for hydroxylation is 1. The second-order valence-electron chi connectivity index (χ2n) is 6.92. The standard InChI is InChI=1S/C22H21FN6O2/c1-13-11-16-17(26-13)5-6-18(20(16)23)28-19-7-8-25-22(29-19)27-15-4-2-3-14(12-15)21(31)24-9-10-30/h2-8,11-12,26,30H,9-10H2,1H3,(H,24,31)(H2,25,27,28,29). The first-order valence-electron chi connectivity index (χ1n) is 9.67. The lowest BCUT2D eigenvalue weighted by Gasteiger charge is -2.10. The Morgan fingerprint density at radius 3 is 2.87 bits per heavy atom. The van der Waals surface area contributed by atoms with Crippen LogP contribution in [0.1, 0.15) is 16.1 Å². The van der Waals surface area contributed by atoms with Crippen LogP contribution in [0.4, 0.5) is 27.5 Å². The normalized spacial score (nSPS) is 10.8. The maximum Gasteiger partial charge on any atom is 0.251 e. The molecule has 0 saturated heterocycles. The highest BCUT2D eigenvalue weighted by molar-refractivity contribution is 5.95. The van der Waals surface area contributed by atoms with E-state index < -0.39 is 0 Å². The molecule has 0 atom stereocenters. The van der Waals surface area contributed by atoms with E-state index in [1.54, 1.807) is 54.7 Å². The van der Waals surface area contributed by atoms with Crippen molar-refractivity contribution in [3.8, 4) is 0 Å². The van der Waals surface area contributed by atoms with Crippen molar-refractivity contribution < 1.29 is 14.3 Å². The fourth-order valence-electron chi connectivity index (χ4n) is 3.17. The quantitative estimate of drug-likeness (QED) is 0.312. The number of anilines is 4. The van der Waals surface area contributed by atoms with Crippen molar-refractivity contribution in [1.29, 1.82) is 0 Å². The van der Waals surface area contributed by atoms with Gasteiger partial charge in [0.15, 0.2) is 5.82 Å². The molecule has 5 N–H and O–H groups in total. The molecule has 2 aromatic heterocycles. The first-order valence-corrected chi connectivity index (χ1v) is 9.67. The highest BCUT2D eigenvalue weighted by atomic mass is 19.1. The highest BCUT2D eigenvalue weighted by Gasteiger charge is 2.11. The van der Waals surface area contributed by atoms with Crippen LogP contribution in [-0.2, 0) is 0 Å². The Morgan fingerprint density at radius 1 is 1.16 bits per heavy atom. The predicted molar refractivity (Wildman–Crippen MR) is 117 cm³/mol. The molecule has 9 heteroatoms. The van der Waals surface area contributed by atoms with Crippen molar-refractivity contribution >= 4 is 40.0 Å². The molecule has 0 spiro atoms. The minimum absolute atomic E-state index is 0.130. The fourth-order valence-corrected chi connectivity index (χ4v) is 3.17. The molecule has 0 fully saturated rings. The smallest absolute Gasteiger partial charge is 0.251 e. The highest BCUT2D eigenvalue weighted by Crippen LogP contribution is 2.27. The zero-order valence-corrected chi connectivity index (χ0v) is 16.7. The average Bonchev–Trinajstić information content (AvgIpc) is 3.16. The van der Waals surface area contributed by atoms with Gasteiger partial charge in [0, 0.05) is 40.6 Å². The molecule has 8 nitrogen and oxygen atoms in total. The zero-order valence-electron chi connectivity index (χ0n) is 16.7. The second kappa shape index (κ2) is 8.80. The van der Waals surface area contributed by atoms with Crippen molar-refractivity contribution in [3.05, 3.63) is 71.8 Å². The number of rotatable bonds is 7. The Balaban J connectivity index is 1.52. The summed E-state index contributed by atoms with van der Waals surface area (Å²) >= 11 is 0. The average molecular weight is 420 g/mol. The van der Waals surface area contributed by atoms with Gasteiger partial charge in [-0.15, -0.1) is 0 Å². The topological polar surface area (TPSA) is 115 Å². The van der Waals surface area contributed by atoms with Gasteiger partial charge in [-0.05, 0) is 49.4 Å². The minimum Gasteiger partial charge on any atom is -0.395 e. The molecule has 4 aromatic rings. The summed E-state index contributed by atoms with van der Waals surface area (Å²) in [6.07, 6.45) is 1.55. The lowest BCUT2D eigenvalue weighted by molar-refractivity contribution is 0.0945. The van der Waals surface area contributed by atoms with Gasteiger partial charge >= 0.3 is 0 Å². The van der Waals surface area contributed by atoms with Crippen LogP contribution < -0.4 is 16.0 Å². The molecule has 0 saturated carbocycles. The number of carbonyl (C=O) groups excluding carboxylic acids is 1. The third kappa shape index (κ3) is 4.62. The van der Waals surface area contributed by atoms with Crippen molar-refractivity contribution in [3.63, 3.8) is 0 Å². The van der Waals surface area contributed by atoms with Gasteiger partial charge < -0.3 is 26.0 Å². The number of nitrogens with one attached hydrogen (secondary N) is 4. The molecule has 0 bridgehead atoms. The summed E-state index contributed by atoms with van der Waals surface area (Å²) in [7, 11) is 0. The molecular weight excluding hydrogens is 399 g/mol. The molecule has 0 aliphatic rings. The Labute approximate surface area is 177 Å². The summed E-state index contributed by atoms with van der Waals surface area (Å²) in [5, 5.41) is 18.0. The van der Waals surface area contributed by atoms with Crippen LogP contribution >= 0.6 is 0 Å². The fraction of sp³-hybridized carbons (Fsp3) is 0.136. The van der Waals surface area contributed by atoms with E-state index in [1.807, 2.05) is 6.92 Å². The number of aliphatic hydroxyl groups is 1. The van der Waals surface area contributed by atoms with Gasteiger partial charge in [-0.25, -0.2) is 9.37 Å². The Bertz CT molecular complexity index is 1240. The number of aromatic amines is 1. The number of hydrogen-bond acceptors (Lipinski definition) is 6. The van der Waals surface area contributed by atoms with Crippen LogP contribution in [-0.4, -0.2) is 39.1 Å². The monoisotopic (exact) mass is 420 g/mol. The molecule has 0 aliphatic heterocycles. The van der Waals surface area contributed by atoms with E-state index in [-0.39, 0.29) is 30.8 Å². The summed E-state index contributed by atoms with van der Waals surface area (Å²) < 4.78 is 14.8. The lowest BCUT2D eigenvalue weighted by atomic mass is 10.2. The van der Waals surface area contributed by atoms with E-state index in [1.165, 1.54) is 0 Å². The summed E-state index contributed by atoms with van der Waals surface area (Å²) in [6, 6.07) is 13.7. The SMILES string of the molecule is Cc1cc2c(F)c(Nc3ccnc(Nc4cccc(C(=O)NCCO)c4)n3)ccc2[nH]1. The van der Waals surface area contributed by atoms with Crippen LogP contribution in [0.5, 0.6) is 0 Å². The second-order valence-corrected chi connectivity index (χ2v) is 6.92. The van der Waals surface area contributed by atoms with Gasteiger partial charge in [0.2, 0.25) is 5.95 Å². The van der Waals surface area contributed by atoms with Crippen LogP contribution in [0, 0.1) is 12.7 Å². The molecule has 1 amide bonds. The van der Waals surface area contributed by atoms with E-state index in [0.717, 1.165) is 11.2 Å². The molecule has 4 rings (SSSR count). The molecule has 2 aromatic carbocycles. The number of carbonyl (C=O) groups is 1. The number of amides is 1. The van der Waals surface area contributed by atoms with Gasteiger partial charge in [-0.2, -0.15) is 4.98 Å². The van der Waals surface area contributed by atoms with E-state index in [4.69, 9.17) is 5.11 Å². The largest absolute Gasteiger partial charge is 0.395 e. The molecule has 158 valence electrons. The number of aliphatic hydroxyl groups excluding tert-OH is 1. The number of benzene rings is 2. The number of hydrogen-bond donors (Lipinski definition) is 5. The molecule has 31 heavy (non-hydrogen) atoms. The number of H-pyrrole nitrogens is 1. The van der Waals surface area contributed by atoms with Crippen LogP contribution in [0.3, 0.4) is 0 Å². The van der Waals surface area contributed by atoms with E-state index in [2.05, 4.69) is 30.9 Å². The summed E-state index contributed by atoms with van der Waals surface area (Å²) in [6.45, 7) is 1.92. The van der Waals surface area contributed by atoms with Crippen LogP contribution in [0.25, 0.3) is 10.9 Å². The molecule has 0 aliphatic carbocycles. The van der Waals surface area contributed by atoms with Crippen molar-refractivity contribution in [1.82, 2.24) is 20.3 Å². The number of nitrogens with zero attached hydrogens (tertiary/aromatic N) is 2. The van der Waals surface area contributed by atoms with Crippen LogP contribution in [0.15, 0.2) is 54.7 Å². The van der Waals surface area contributed by atoms with Crippen molar-refractivity contribution in [2.45, 2.75) is 6.92 Å². The van der Waals surface area contributed by atoms with Crippen molar-refractivity contribution in [2.24, 2.45) is 0 Å². The molecule has 0 radical (unpaired) electrons. The maximum atomic E-state index is 14.8. The summed E-state index contributed by atoms with van der Waals surface area (Å²) in [5.74, 6) is 0.0493. The van der Waals surface area contributed by atoms with E-state index >= 15 is 0 Å². The lowest BCUT2D eigenvalue weighted by Crippen LogP contribution is -2.26. The number of fused-ring (bicyclic) bond motifs is 1.